The number of likely N-dealkylation sites (tertiary alicyclic amines) is 1. The Bertz CT molecular complexity index is 718. The van der Waals surface area contributed by atoms with Gasteiger partial charge in [-0.05, 0) is 42.9 Å². The molecule has 2 saturated heterocycles. The van der Waals surface area contributed by atoms with Crippen molar-refractivity contribution in [2.24, 2.45) is 17.6 Å². The summed E-state index contributed by atoms with van der Waals surface area (Å²) in [4.78, 5) is 16.1. The fourth-order valence-corrected chi connectivity index (χ4v) is 5.09. The van der Waals surface area contributed by atoms with E-state index in [0.717, 1.165) is 31.6 Å². The second-order valence-electron chi connectivity index (χ2n) is 7.58. The Balaban J connectivity index is 1.52. The van der Waals surface area contributed by atoms with Crippen LogP contribution in [-0.2, 0) is 4.79 Å². The van der Waals surface area contributed by atoms with Gasteiger partial charge < -0.3 is 10.6 Å². The van der Waals surface area contributed by atoms with Crippen LogP contribution in [0.25, 0.3) is 0 Å². The minimum absolute atomic E-state index is 0.229. The van der Waals surface area contributed by atoms with E-state index >= 15 is 0 Å². The number of hydrogen-bond acceptors (Lipinski definition) is 4. The Morgan fingerprint density at radius 1 is 1.28 bits per heavy atom. The summed E-state index contributed by atoms with van der Waals surface area (Å²) in [5, 5.41) is 9.10. The maximum Gasteiger partial charge on any atom is 0.234 e. The van der Waals surface area contributed by atoms with Crippen LogP contribution in [0.2, 0.25) is 0 Å². The summed E-state index contributed by atoms with van der Waals surface area (Å²) in [6.45, 7) is 2.18. The summed E-state index contributed by atoms with van der Waals surface area (Å²) in [6, 6.07) is 9.65. The van der Waals surface area contributed by atoms with Gasteiger partial charge in [-0.3, -0.25) is 9.69 Å². The number of primary amides is 1. The van der Waals surface area contributed by atoms with Crippen molar-refractivity contribution in [1.82, 2.24) is 4.90 Å². The van der Waals surface area contributed by atoms with E-state index in [4.69, 9.17) is 11.0 Å². The average molecular weight is 342 g/mol. The van der Waals surface area contributed by atoms with Gasteiger partial charge in [-0.25, -0.2) is 4.39 Å². The van der Waals surface area contributed by atoms with Gasteiger partial charge >= 0.3 is 0 Å². The minimum Gasteiger partial charge on any atom is -0.371 e. The number of halogens is 1. The first-order valence-corrected chi connectivity index (χ1v) is 9.01. The fourth-order valence-electron chi connectivity index (χ4n) is 5.09. The summed E-state index contributed by atoms with van der Waals surface area (Å²) >= 11 is 0. The van der Waals surface area contributed by atoms with Gasteiger partial charge in [-0.2, -0.15) is 5.26 Å². The van der Waals surface area contributed by atoms with Crippen molar-refractivity contribution in [2.75, 3.05) is 24.5 Å². The number of amides is 1. The standard InChI is InChI=1S/C19H23FN4O/c20-14-7-18(19(22)25)24(10-14)17-5-4-13-9-23(11-16(13)17)15-3-1-2-12(6-15)8-21/h1-3,6,13-14,16-18H,4-5,7,9-11H2,(H2,22,25)/t13-,14-,16+,17+,18+/m1/s1. The lowest BCUT2D eigenvalue weighted by Gasteiger charge is -2.33. The van der Waals surface area contributed by atoms with Crippen LogP contribution in [0.3, 0.4) is 0 Å². The van der Waals surface area contributed by atoms with E-state index in [1.54, 1.807) is 0 Å². The number of nitriles is 1. The molecule has 2 N–H and O–H groups in total. The van der Waals surface area contributed by atoms with Crippen LogP contribution in [-0.4, -0.2) is 48.7 Å². The van der Waals surface area contributed by atoms with E-state index in [0.29, 0.717) is 23.9 Å². The molecule has 0 spiro atoms. The summed E-state index contributed by atoms with van der Waals surface area (Å²) in [5.41, 5.74) is 7.26. The minimum atomic E-state index is -0.957. The Labute approximate surface area is 147 Å². The van der Waals surface area contributed by atoms with Gasteiger partial charge in [0, 0.05) is 37.8 Å². The van der Waals surface area contributed by atoms with Gasteiger partial charge in [0.25, 0.3) is 0 Å². The SMILES string of the molecule is N#Cc1cccc(N2C[C@H]3CC[C@H](N4C[C@H](F)C[C@H]4C(N)=O)[C@H]3C2)c1. The van der Waals surface area contributed by atoms with Gasteiger partial charge in [0.15, 0.2) is 0 Å². The normalized spacial score (nSPS) is 34.9. The lowest BCUT2D eigenvalue weighted by atomic mass is 9.96. The zero-order valence-corrected chi connectivity index (χ0v) is 14.1. The smallest absolute Gasteiger partial charge is 0.234 e. The number of alkyl halides is 1. The topological polar surface area (TPSA) is 73.4 Å². The molecule has 1 amide bonds. The van der Waals surface area contributed by atoms with E-state index in [1.807, 2.05) is 29.2 Å². The largest absolute Gasteiger partial charge is 0.371 e. The second kappa shape index (κ2) is 6.30. The lowest BCUT2D eigenvalue weighted by molar-refractivity contribution is -0.123. The molecule has 5 atom stereocenters. The molecule has 0 unspecified atom stereocenters. The molecule has 1 aromatic rings. The Hall–Kier alpha value is -2.13. The van der Waals surface area contributed by atoms with Crippen molar-refractivity contribution in [3.63, 3.8) is 0 Å². The Morgan fingerprint density at radius 2 is 2.12 bits per heavy atom. The van der Waals surface area contributed by atoms with E-state index in [1.165, 1.54) is 0 Å². The number of nitrogens with two attached hydrogens (primary N) is 1. The summed E-state index contributed by atoms with van der Waals surface area (Å²) in [6.07, 6.45) is 1.39. The zero-order valence-electron chi connectivity index (χ0n) is 14.1. The average Bonchev–Trinajstić information content (AvgIpc) is 3.28. The van der Waals surface area contributed by atoms with Crippen LogP contribution in [0, 0.1) is 23.2 Å². The predicted molar refractivity (Wildman–Crippen MR) is 92.6 cm³/mol. The third-order valence-electron chi connectivity index (χ3n) is 6.20. The maximum absolute atomic E-state index is 13.9. The molecule has 1 aliphatic carbocycles. The summed E-state index contributed by atoms with van der Waals surface area (Å²) in [5.74, 6) is 0.584. The first-order chi connectivity index (χ1) is 12.1. The molecular weight excluding hydrogens is 319 g/mol. The van der Waals surface area contributed by atoms with Crippen LogP contribution in [0.15, 0.2) is 24.3 Å². The molecule has 132 valence electrons. The maximum atomic E-state index is 13.9. The monoisotopic (exact) mass is 342 g/mol. The molecule has 2 heterocycles. The molecule has 4 rings (SSSR count). The number of nitrogens with zero attached hydrogens (tertiary/aromatic N) is 3. The number of carbonyl (C=O) groups is 1. The number of rotatable bonds is 3. The van der Waals surface area contributed by atoms with Crippen molar-refractivity contribution >= 4 is 11.6 Å². The molecule has 0 radical (unpaired) electrons. The zero-order chi connectivity index (χ0) is 17.6. The van der Waals surface area contributed by atoms with Crippen LogP contribution in [0.5, 0.6) is 0 Å². The van der Waals surface area contributed by atoms with Crippen molar-refractivity contribution in [1.29, 1.82) is 5.26 Å². The third kappa shape index (κ3) is 2.87. The number of carbonyl (C=O) groups excluding carboxylic acids is 1. The fraction of sp³-hybridized carbons (Fsp3) is 0.579. The molecule has 0 aromatic heterocycles. The molecule has 1 aromatic carbocycles. The molecular formula is C19H23FN4O. The number of benzene rings is 1. The van der Waals surface area contributed by atoms with Gasteiger partial charge in [-0.15, -0.1) is 0 Å². The molecule has 3 fully saturated rings. The molecule has 3 aliphatic rings. The molecule has 5 nitrogen and oxygen atoms in total. The number of anilines is 1. The quantitative estimate of drug-likeness (QED) is 0.907. The van der Waals surface area contributed by atoms with Crippen LogP contribution in [0.4, 0.5) is 10.1 Å². The van der Waals surface area contributed by atoms with Crippen LogP contribution < -0.4 is 10.6 Å². The van der Waals surface area contributed by atoms with E-state index < -0.39 is 18.1 Å². The van der Waals surface area contributed by atoms with Gasteiger partial charge in [0.2, 0.25) is 5.91 Å². The van der Waals surface area contributed by atoms with Crippen molar-refractivity contribution in [2.45, 2.75) is 37.5 Å². The molecule has 6 heteroatoms. The first kappa shape index (κ1) is 16.3. The van der Waals surface area contributed by atoms with Crippen molar-refractivity contribution in [3.8, 4) is 6.07 Å². The molecule has 2 aliphatic heterocycles. The third-order valence-corrected chi connectivity index (χ3v) is 6.20. The Morgan fingerprint density at radius 3 is 2.88 bits per heavy atom. The highest BCUT2D eigenvalue weighted by molar-refractivity contribution is 5.80. The van der Waals surface area contributed by atoms with Gasteiger partial charge in [0.1, 0.15) is 6.17 Å². The number of hydrogen-bond donors (Lipinski definition) is 1. The van der Waals surface area contributed by atoms with Gasteiger partial charge in [0.05, 0.1) is 17.7 Å². The van der Waals surface area contributed by atoms with Crippen molar-refractivity contribution in [3.05, 3.63) is 29.8 Å². The van der Waals surface area contributed by atoms with E-state index in [2.05, 4.69) is 11.0 Å². The summed E-state index contributed by atoms with van der Waals surface area (Å²) in [7, 11) is 0. The number of fused-ring (bicyclic) bond motifs is 1. The van der Waals surface area contributed by atoms with Crippen LogP contribution in [0.1, 0.15) is 24.8 Å². The molecule has 25 heavy (non-hydrogen) atoms. The first-order valence-electron chi connectivity index (χ1n) is 9.01. The van der Waals surface area contributed by atoms with Crippen LogP contribution >= 0.6 is 0 Å². The van der Waals surface area contributed by atoms with Crippen molar-refractivity contribution < 1.29 is 9.18 Å². The second-order valence-corrected chi connectivity index (χ2v) is 7.58. The lowest BCUT2D eigenvalue weighted by Crippen LogP contribution is -2.48. The predicted octanol–water partition coefficient (Wildman–Crippen LogP) is 1.67. The Kier molecular flexibility index (Phi) is 4.12. The van der Waals surface area contributed by atoms with E-state index in [9.17, 15) is 9.18 Å². The van der Waals surface area contributed by atoms with E-state index in [-0.39, 0.29) is 12.5 Å². The highest BCUT2D eigenvalue weighted by Gasteiger charge is 2.49. The molecule has 1 saturated carbocycles. The highest BCUT2D eigenvalue weighted by atomic mass is 19.1. The molecule has 0 bridgehead atoms. The summed E-state index contributed by atoms with van der Waals surface area (Å²) < 4.78 is 13.9. The highest BCUT2D eigenvalue weighted by Crippen LogP contribution is 2.44. The van der Waals surface area contributed by atoms with Gasteiger partial charge in [-0.1, -0.05) is 6.07 Å².